The van der Waals surface area contributed by atoms with E-state index in [-0.39, 0.29) is 12.3 Å². The predicted octanol–water partition coefficient (Wildman–Crippen LogP) is 1.07. The summed E-state index contributed by atoms with van der Waals surface area (Å²) in [7, 11) is 1.91. The molecule has 0 saturated heterocycles. The molecule has 0 saturated carbocycles. The monoisotopic (exact) mass is 182 g/mol. The number of hydrogen-bond donors (Lipinski definition) is 1. The molecule has 0 aliphatic heterocycles. The molecule has 1 heterocycles. The lowest BCUT2D eigenvalue weighted by Crippen LogP contribution is -2.10. The molecule has 13 heavy (non-hydrogen) atoms. The summed E-state index contributed by atoms with van der Waals surface area (Å²) in [5.74, 6) is 0.328. The van der Waals surface area contributed by atoms with Gasteiger partial charge in [-0.05, 0) is 5.92 Å². The molecule has 0 amide bonds. The summed E-state index contributed by atoms with van der Waals surface area (Å²) in [4.78, 5) is 14.5. The zero-order chi connectivity index (χ0) is 9.84. The van der Waals surface area contributed by atoms with Gasteiger partial charge in [0.1, 0.15) is 5.82 Å². The van der Waals surface area contributed by atoms with Gasteiger partial charge in [0.05, 0.1) is 0 Å². The fourth-order valence-electron chi connectivity index (χ4n) is 1.28. The van der Waals surface area contributed by atoms with Gasteiger partial charge in [-0.1, -0.05) is 6.92 Å². The van der Waals surface area contributed by atoms with E-state index in [1.807, 2.05) is 24.7 Å². The van der Waals surface area contributed by atoms with Crippen LogP contribution in [0, 0.1) is 5.92 Å². The lowest BCUT2D eigenvalue weighted by atomic mass is 10.0. The van der Waals surface area contributed by atoms with Crippen molar-refractivity contribution in [3.8, 4) is 0 Å². The second kappa shape index (κ2) is 4.07. The van der Waals surface area contributed by atoms with Crippen LogP contribution >= 0.6 is 0 Å². The lowest BCUT2D eigenvalue weighted by Gasteiger charge is -2.07. The van der Waals surface area contributed by atoms with E-state index in [1.54, 1.807) is 6.20 Å². The molecule has 4 heteroatoms. The number of aryl methyl sites for hydroxylation is 1. The van der Waals surface area contributed by atoms with Gasteiger partial charge in [0.15, 0.2) is 0 Å². The Hall–Kier alpha value is -1.32. The molecule has 0 bridgehead atoms. The first-order chi connectivity index (χ1) is 6.09. The van der Waals surface area contributed by atoms with E-state index in [2.05, 4.69) is 4.98 Å². The Morgan fingerprint density at radius 2 is 2.46 bits per heavy atom. The van der Waals surface area contributed by atoms with Gasteiger partial charge < -0.3 is 9.67 Å². The maximum absolute atomic E-state index is 10.4. The van der Waals surface area contributed by atoms with Gasteiger partial charge in [0, 0.05) is 32.3 Å². The molecular formula is C9H14N2O2. The highest BCUT2D eigenvalue weighted by Gasteiger charge is 2.10. The molecule has 1 aromatic heterocycles. The molecule has 0 aliphatic rings. The summed E-state index contributed by atoms with van der Waals surface area (Å²) in [6.07, 6.45) is 4.51. The average molecular weight is 182 g/mol. The molecule has 1 rings (SSSR count). The van der Waals surface area contributed by atoms with E-state index in [0.717, 1.165) is 12.2 Å². The number of carboxylic acids is 1. The minimum atomic E-state index is -0.748. The van der Waals surface area contributed by atoms with Crippen molar-refractivity contribution < 1.29 is 9.90 Å². The number of imidazole rings is 1. The first kappa shape index (κ1) is 9.77. The third kappa shape index (κ3) is 2.89. The standard InChI is InChI=1S/C9H14N2O2/c1-7(6-9(12)13)5-8-10-3-4-11(8)2/h3-4,7H,5-6H2,1-2H3,(H,12,13). The van der Waals surface area contributed by atoms with Crippen LogP contribution in [0.4, 0.5) is 0 Å². The molecule has 4 nitrogen and oxygen atoms in total. The van der Waals surface area contributed by atoms with E-state index < -0.39 is 5.97 Å². The topological polar surface area (TPSA) is 55.1 Å². The highest BCUT2D eigenvalue weighted by atomic mass is 16.4. The number of rotatable bonds is 4. The molecule has 0 spiro atoms. The Kier molecular flexibility index (Phi) is 3.06. The van der Waals surface area contributed by atoms with Crippen molar-refractivity contribution in [2.24, 2.45) is 13.0 Å². The van der Waals surface area contributed by atoms with Crippen molar-refractivity contribution in [3.63, 3.8) is 0 Å². The molecule has 1 aromatic rings. The van der Waals surface area contributed by atoms with E-state index in [4.69, 9.17) is 5.11 Å². The highest BCUT2D eigenvalue weighted by Crippen LogP contribution is 2.09. The van der Waals surface area contributed by atoms with Gasteiger partial charge in [-0.2, -0.15) is 0 Å². The zero-order valence-corrected chi connectivity index (χ0v) is 7.90. The van der Waals surface area contributed by atoms with E-state index in [9.17, 15) is 4.79 Å². The Morgan fingerprint density at radius 3 is 2.92 bits per heavy atom. The van der Waals surface area contributed by atoms with Crippen LogP contribution in [0.5, 0.6) is 0 Å². The van der Waals surface area contributed by atoms with Crippen LogP contribution in [0.3, 0.4) is 0 Å². The van der Waals surface area contributed by atoms with Gasteiger partial charge in [-0.25, -0.2) is 4.98 Å². The largest absolute Gasteiger partial charge is 0.481 e. The van der Waals surface area contributed by atoms with E-state index in [1.165, 1.54) is 0 Å². The van der Waals surface area contributed by atoms with Crippen LogP contribution in [-0.4, -0.2) is 20.6 Å². The normalized spacial score (nSPS) is 12.8. The fraction of sp³-hybridized carbons (Fsp3) is 0.556. The molecule has 1 atom stereocenters. The van der Waals surface area contributed by atoms with Crippen molar-refractivity contribution in [2.45, 2.75) is 19.8 Å². The van der Waals surface area contributed by atoms with Crippen LogP contribution in [-0.2, 0) is 18.3 Å². The summed E-state index contributed by atoms with van der Waals surface area (Å²) in [5, 5.41) is 8.55. The van der Waals surface area contributed by atoms with Crippen molar-refractivity contribution in [1.82, 2.24) is 9.55 Å². The SMILES string of the molecule is CC(CC(=O)O)Cc1nccn1C. The van der Waals surface area contributed by atoms with E-state index in [0.29, 0.717) is 0 Å². The summed E-state index contributed by atoms with van der Waals surface area (Å²) >= 11 is 0. The number of nitrogens with zero attached hydrogens (tertiary/aromatic N) is 2. The Balaban J connectivity index is 2.49. The minimum Gasteiger partial charge on any atom is -0.481 e. The predicted molar refractivity (Wildman–Crippen MR) is 48.3 cm³/mol. The van der Waals surface area contributed by atoms with Crippen molar-refractivity contribution in [2.75, 3.05) is 0 Å². The van der Waals surface area contributed by atoms with Gasteiger partial charge in [-0.15, -0.1) is 0 Å². The maximum Gasteiger partial charge on any atom is 0.303 e. The van der Waals surface area contributed by atoms with Crippen LogP contribution in [0.15, 0.2) is 12.4 Å². The fourth-order valence-corrected chi connectivity index (χ4v) is 1.28. The number of hydrogen-bond acceptors (Lipinski definition) is 2. The second-order valence-electron chi connectivity index (χ2n) is 3.36. The van der Waals surface area contributed by atoms with Crippen molar-refractivity contribution in [3.05, 3.63) is 18.2 Å². The second-order valence-corrected chi connectivity index (χ2v) is 3.36. The number of aromatic nitrogens is 2. The lowest BCUT2D eigenvalue weighted by molar-refractivity contribution is -0.137. The highest BCUT2D eigenvalue weighted by molar-refractivity contribution is 5.66. The van der Waals surface area contributed by atoms with Crippen molar-refractivity contribution in [1.29, 1.82) is 0 Å². The van der Waals surface area contributed by atoms with Crippen LogP contribution < -0.4 is 0 Å². The van der Waals surface area contributed by atoms with Crippen LogP contribution in [0.2, 0.25) is 0 Å². The summed E-state index contributed by atoms with van der Waals surface area (Å²) in [5.41, 5.74) is 0. The third-order valence-corrected chi connectivity index (χ3v) is 1.98. The smallest absolute Gasteiger partial charge is 0.303 e. The summed E-state index contributed by atoms with van der Waals surface area (Å²) in [6.45, 7) is 1.92. The first-order valence-electron chi connectivity index (χ1n) is 4.27. The van der Waals surface area contributed by atoms with E-state index >= 15 is 0 Å². The molecule has 0 fully saturated rings. The quantitative estimate of drug-likeness (QED) is 0.757. The summed E-state index contributed by atoms with van der Waals surface area (Å²) in [6, 6.07) is 0. The number of aliphatic carboxylic acids is 1. The zero-order valence-electron chi connectivity index (χ0n) is 7.90. The van der Waals surface area contributed by atoms with Crippen LogP contribution in [0.25, 0.3) is 0 Å². The number of carbonyl (C=O) groups is 1. The van der Waals surface area contributed by atoms with Gasteiger partial charge in [-0.3, -0.25) is 4.79 Å². The Bertz CT molecular complexity index is 294. The van der Waals surface area contributed by atoms with Gasteiger partial charge in [0.2, 0.25) is 0 Å². The summed E-state index contributed by atoms with van der Waals surface area (Å²) < 4.78 is 1.92. The molecule has 72 valence electrons. The molecule has 0 radical (unpaired) electrons. The average Bonchev–Trinajstić information content (AvgIpc) is 2.34. The van der Waals surface area contributed by atoms with Gasteiger partial charge in [0.25, 0.3) is 0 Å². The Morgan fingerprint density at radius 1 is 1.77 bits per heavy atom. The van der Waals surface area contributed by atoms with Crippen LogP contribution in [0.1, 0.15) is 19.2 Å². The molecule has 0 aliphatic carbocycles. The third-order valence-electron chi connectivity index (χ3n) is 1.98. The molecule has 1 N–H and O–H groups in total. The minimum absolute atomic E-state index is 0.138. The maximum atomic E-state index is 10.4. The molecule has 0 aromatic carbocycles. The van der Waals surface area contributed by atoms with Gasteiger partial charge >= 0.3 is 5.97 Å². The molecule has 1 unspecified atom stereocenters. The van der Waals surface area contributed by atoms with Crippen molar-refractivity contribution >= 4 is 5.97 Å². The molecular weight excluding hydrogens is 168 g/mol. The first-order valence-corrected chi connectivity index (χ1v) is 4.27. The Labute approximate surface area is 77.2 Å². The number of carboxylic acid groups (broad SMARTS) is 1.